The molecule has 158 valence electrons. The van der Waals surface area contributed by atoms with Crippen LogP contribution in [-0.4, -0.2) is 36.4 Å². The molecule has 0 aromatic rings. The molecule has 1 fully saturated rings. The maximum Gasteiger partial charge on any atom is 0.336 e. The van der Waals surface area contributed by atoms with E-state index < -0.39 is 18.0 Å². The lowest BCUT2D eigenvalue weighted by Crippen LogP contribution is -2.31. The second-order valence-electron chi connectivity index (χ2n) is 7.87. The number of hydrogen-bond donors (Lipinski definition) is 1. The molecule has 0 spiro atoms. The summed E-state index contributed by atoms with van der Waals surface area (Å²) in [5.41, 5.74) is 0.385. The average molecular weight is 393 g/mol. The van der Waals surface area contributed by atoms with Gasteiger partial charge in [-0.05, 0) is 58.3 Å². The molecular formula is C23H36O5. The summed E-state index contributed by atoms with van der Waals surface area (Å²) in [5.74, 6) is -0.0336. The van der Waals surface area contributed by atoms with Crippen LogP contribution in [-0.2, 0) is 19.1 Å². The number of aliphatic hydroxyl groups excluding tert-OH is 1. The van der Waals surface area contributed by atoms with Crippen molar-refractivity contribution >= 4 is 11.9 Å². The van der Waals surface area contributed by atoms with Gasteiger partial charge in [0.1, 0.15) is 0 Å². The monoisotopic (exact) mass is 392 g/mol. The normalized spacial score (nSPS) is 21.7. The largest absolute Gasteiger partial charge is 0.462 e. The quantitative estimate of drug-likeness (QED) is 0.321. The van der Waals surface area contributed by atoms with Crippen molar-refractivity contribution in [1.82, 2.24) is 0 Å². The number of hydrogen-bond acceptors (Lipinski definition) is 5. The number of rotatable bonds is 11. The Morgan fingerprint density at radius 2 is 1.68 bits per heavy atom. The number of esters is 2. The third-order valence-electron chi connectivity index (χ3n) is 5.51. The van der Waals surface area contributed by atoms with Crippen LogP contribution in [0.1, 0.15) is 59.3 Å². The van der Waals surface area contributed by atoms with Crippen LogP contribution in [0.3, 0.4) is 0 Å². The van der Waals surface area contributed by atoms with E-state index in [1.807, 2.05) is 6.92 Å². The Hall–Kier alpha value is -1.88. The zero-order valence-electron chi connectivity index (χ0n) is 17.6. The smallest absolute Gasteiger partial charge is 0.336 e. The standard InChI is InChI=1S/C23H36O5/c1-6-7-8-9-19-10-12-20(13-11-19)21(14-27-22(25)16(2)3)15-28-23(26)17(4)18(5)24/h6-7,18-21,24H,2,4,8-15H2,1,3,5H3/b7-6+. The van der Waals surface area contributed by atoms with Crippen LogP contribution in [0.15, 0.2) is 36.5 Å². The number of carbonyl (C=O) groups is 2. The second kappa shape index (κ2) is 12.6. The van der Waals surface area contributed by atoms with Gasteiger partial charge >= 0.3 is 11.9 Å². The van der Waals surface area contributed by atoms with E-state index in [0.717, 1.165) is 38.0 Å². The molecule has 0 heterocycles. The van der Waals surface area contributed by atoms with Crippen molar-refractivity contribution in [3.05, 3.63) is 36.5 Å². The van der Waals surface area contributed by atoms with E-state index in [2.05, 4.69) is 25.3 Å². The first-order valence-electron chi connectivity index (χ1n) is 10.2. The lowest BCUT2D eigenvalue weighted by atomic mass is 9.75. The summed E-state index contributed by atoms with van der Waals surface area (Å²) >= 11 is 0. The van der Waals surface area contributed by atoms with Crippen molar-refractivity contribution < 1.29 is 24.2 Å². The van der Waals surface area contributed by atoms with E-state index in [4.69, 9.17) is 9.47 Å². The molecule has 0 amide bonds. The number of aliphatic hydroxyl groups is 1. The fourth-order valence-electron chi connectivity index (χ4n) is 3.52. The van der Waals surface area contributed by atoms with Gasteiger partial charge in [-0.25, -0.2) is 9.59 Å². The highest BCUT2D eigenvalue weighted by Gasteiger charge is 2.30. The maximum absolute atomic E-state index is 12.0. The molecule has 0 saturated heterocycles. The summed E-state index contributed by atoms with van der Waals surface area (Å²) in [6.07, 6.45) is 10.0. The van der Waals surface area contributed by atoms with Gasteiger partial charge in [0.25, 0.3) is 0 Å². The Balaban J connectivity index is 2.62. The van der Waals surface area contributed by atoms with Gasteiger partial charge in [0, 0.05) is 11.5 Å². The molecule has 0 aliphatic heterocycles. The predicted octanol–water partition coefficient (Wildman–Crippen LogP) is 4.36. The summed E-state index contributed by atoms with van der Waals surface area (Å²) in [5, 5.41) is 9.48. The first kappa shape index (κ1) is 24.2. The van der Waals surface area contributed by atoms with E-state index >= 15 is 0 Å². The van der Waals surface area contributed by atoms with Gasteiger partial charge in [-0.15, -0.1) is 0 Å². The van der Waals surface area contributed by atoms with Gasteiger partial charge in [0.05, 0.1) is 24.9 Å². The molecule has 28 heavy (non-hydrogen) atoms. The van der Waals surface area contributed by atoms with Crippen molar-refractivity contribution in [2.24, 2.45) is 17.8 Å². The Bertz CT molecular complexity index is 568. The number of carbonyl (C=O) groups excluding carboxylic acids is 2. The van der Waals surface area contributed by atoms with Crippen molar-refractivity contribution in [1.29, 1.82) is 0 Å². The molecule has 2 unspecified atom stereocenters. The number of ether oxygens (including phenoxy) is 2. The lowest BCUT2D eigenvalue weighted by Gasteiger charge is -2.33. The Kier molecular flexibility index (Phi) is 10.8. The molecule has 1 aliphatic carbocycles. The van der Waals surface area contributed by atoms with Crippen LogP contribution in [0, 0.1) is 17.8 Å². The Morgan fingerprint density at radius 3 is 2.18 bits per heavy atom. The highest BCUT2D eigenvalue weighted by Crippen LogP contribution is 2.36. The molecule has 5 nitrogen and oxygen atoms in total. The van der Waals surface area contributed by atoms with Crippen LogP contribution >= 0.6 is 0 Å². The highest BCUT2D eigenvalue weighted by molar-refractivity contribution is 5.88. The minimum absolute atomic E-state index is 0.0327. The number of allylic oxidation sites excluding steroid dienone is 2. The zero-order chi connectivity index (χ0) is 21.1. The van der Waals surface area contributed by atoms with Crippen molar-refractivity contribution in [3.8, 4) is 0 Å². The molecule has 0 aromatic heterocycles. The molecule has 1 aliphatic rings. The molecule has 0 bridgehead atoms. The Morgan fingerprint density at radius 1 is 1.11 bits per heavy atom. The van der Waals surface area contributed by atoms with E-state index in [1.165, 1.54) is 13.3 Å². The summed E-state index contributed by atoms with van der Waals surface area (Å²) in [4.78, 5) is 23.8. The molecule has 5 heteroatoms. The van der Waals surface area contributed by atoms with E-state index in [1.54, 1.807) is 6.92 Å². The van der Waals surface area contributed by atoms with E-state index in [0.29, 0.717) is 11.5 Å². The third-order valence-corrected chi connectivity index (χ3v) is 5.51. The minimum Gasteiger partial charge on any atom is -0.462 e. The van der Waals surface area contributed by atoms with Gasteiger partial charge in [0.15, 0.2) is 0 Å². The summed E-state index contributed by atoms with van der Waals surface area (Å²) < 4.78 is 10.7. The van der Waals surface area contributed by atoms with E-state index in [-0.39, 0.29) is 24.7 Å². The molecule has 1 rings (SSSR count). The average Bonchev–Trinajstić information content (AvgIpc) is 2.67. The van der Waals surface area contributed by atoms with Gasteiger partial charge < -0.3 is 14.6 Å². The highest BCUT2D eigenvalue weighted by atomic mass is 16.5. The summed E-state index contributed by atoms with van der Waals surface area (Å²) in [6.45, 7) is 12.7. The van der Waals surface area contributed by atoms with Crippen LogP contribution in [0.2, 0.25) is 0 Å². The summed E-state index contributed by atoms with van der Waals surface area (Å²) in [6, 6.07) is 0. The molecule has 1 N–H and O–H groups in total. The lowest BCUT2D eigenvalue weighted by molar-refractivity contribution is -0.146. The molecule has 1 saturated carbocycles. The van der Waals surface area contributed by atoms with Crippen LogP contribution in [0.25, 0.3) is 0 Å². The fraction of sp³-hybridized carbons (Fsp3) is 0.652. The summed E-state index contributed by atoms with van der Waals surface area (Å²) in [7, 11) is 0. The van der Waals surface area contributed by atoms with Gasteiger partial charge in [-0.1, -0.05) is 38.2 Å². The maximum atomic E-state index is 12.0. The van der Waals surface area contributed by atoms with Crippen molar-refractivity contribution in [2.45, 2.75) is 65.4 Å². The fourth-order valence-corrected chi connectivity index (χ4v) is 3.52. The van der Waals surface area contributed by atoms with Gasteiger partial charge in [0.2, 0.25) is 0 Å². The SMILES string of the molecule is C=C(C)C(=O)OCC(COC(=O)C(=C)C(C)O)C1CCC(CC/C=C/C)CC1. The van der Waals surface area contributed by atoms with Crippen LogP contribution in [0.5, 0.6) is 0 Å². The zero-order valence-corrected chi connectivity index (χ0v) is 17.6. The van der Waals surface area contributed by atoms with Gasteiger partial charge in [-0.2, -0.15) is 0 Å². The predicted molar refractivity (Wildman–Crippen MR) is 111 cm³/mol. The molecule has 2 atom stereocenters. The second-order valence-corrected chi connectivity index (χ2v) is 7.87. The first-order valence-corrected chi connectivity index (χ1v) is 10.2. The minimum atomic E-state index is -0.945. The van der Waals surface area contributed by atoms with E-state index in [9.17, 15) is 14.7 Å². The van der Waals surface area contributed by atoms with Gasteiger partial charge in [-0.3, -0.25) is 0 Å². The molecular weight excluding hydrogens is 356 g/mol. The van der Waals surface area contributed by atoms with Crippen LogP contribution < -0.4 is 0 Å². The molecule has 0 aromatic carbocycles. The van der Waals surface area contributed by atoms with Crippen molar-refractivity contribution in [3.63, 3.8) is 0 Å². The topological polar surface area (TPSA) is 72.8 Å². The third kappa shape index (κ3) is 8.42. The molecule has 0 radical (unpaired) electrons. The first-order chi connectivity index (χ1) is 13.3. The van der Waals surface area contributed by atoms with Crippen LogP contribution in [0.4, 0.5) is 0 Å². The Labute approximate surface area is 169 Å². The van der Waals surface area contributed by atoms with Crippen molar-refractivity contribution in [2.75, 3.05) is 13.2 Å².